The third kappa shape index (κ3) is 3.91. The van der Waals surface area contributed by atoms with Crippen molar-refractivity contribution in [3.8, 4) is 11.5 Å². The van der Waals surface area contributed by atoms with Gasteiger partial charge in [-0.1, -0.05) is 0 Å². The van der Waals surface area contributed by atoms with E-state index in [1.807, 2.05) is 12.1 Å². The van der Waals surface area contributed by atoms with E-state index in [1.165, 1.54) is 5.56 Å². The highest BCUT2D eigenvalue weighted by molar-refractivity contribution is 5.49. The molecule has 2 heterocycles. The van der Waals surface area contributed by atoms with Crippen molar-refractivity contribution in [2.24, 2.45) is 0 Å². The van der Waals surface area contributed by atoms with E-state index in [1.54, 1.807) is 20.5 Å². The van der Waals surface area contributed by atoms with Crippen molar-refractivity contribution in [2.45, 2.75) is 32.5 Å². The molecule has 0 amide bonds. The van der Waals surface area contributed by atoms with Crippen LogP contribution in [0.2, 0.25) is 0 Å². The minimum Gasteiger partial charge on any atom is -0.497 e. The number of rotatable bonds is 8. The average molecular weight is 331 g/mol. The van der Waals surface area contributed by atoms with Gasteiger partial charge in [0.2, 0.25) is 0 Å². The first kappa shape index (κ1) is 16.9. The maximum Gasteiger partial charge on any atom is 0.127 e. The first-order valence-electron chi connectivity index (χ1n) is 8.29. The lowest BCUT2D eigenvalue weighted by Crippen LogP contribution is -2.26. The lowest BCUT2D eigenvalue weighted by atomic mass is 10.1. The van der Waals surface area contributed by atoms with Gasteiger partial charge in [0.25, 0.3) is 0 Å². The van der Waals surface area contributed by atoms with Gasteiger partial charge in [-0.25, -0.2) is 0 Å². The second kappa shape index (κ2) is 7.73. The van der Waals surface area contributed by atoms with Crippen LogP contribution < -0.4 is 9.47 Å². The van der Waals surface area contributed by atoms with Crippen molar-refractivity contribution in [2.75, 3.05) is 27.4 Å². The molecular weight excluding hydrogens is 306 g/mol. The zero-order valence-electron chi connectivity index (χ0n) is 14.6. The summed E-state index contributed by atoms with van der Waals surface area (Å²) < 4.78 is 22.3. The maximum absolute atomic E-state index is 6.04. The molecule has 0 radical (unpaired) electrons. The number of fused-ring (bicyclic) bond motifs is 1. The van der Waals surface area contributed by atoms with Crippen LogP contribution in [0.4, 0.5) is 0 Å². The molecule has 24 heavy (non-hydrogen) atoms. The summed E-state index contributed by atoms with van der Waals surface area (Å²) >= 11 is 0. The van der Waals surface area contributed by atoms with Crippen molar-refractivity contribution in [1.82, 2.24) is 4.90 Å². The van der Waals surface area contributed by atoms with E-state index in [2.05, 4.69) is 24.0 Å². The average Bonchev–Trinajstić information content (AvgIpc) is 3.20. The van der Waals surface area contributed by atoms with E-state index in [4.69, 9.17) is 18.6 Å². The number of methoxy groups -OCH3 is 2. The zero-order chi connectivity index (χ0) is 16.9. The Morgan fingerprint density at radius 1 is 1.25 bits per heavy atom. The van der Waals surface area contributed by atoms with Crippen LogP contribution in [0.3, 0.4) is 0 Å². The van der Waals surface area contributed by atoms with Crippen molar-refractivity contribution >= 4 is 0 Å². The molecule has 3 rings (SSSR count). The van der Waals surface area contributed by atoms with Crippen molar-refractivity contribution in [1.29, 1.82) is 0 Å². The minimum absolute atomic E-state index is 0.211. The number of hydrogen-bond donors (Lipinski definition) is 0. The predicted octanol–water partition coefficient (Wildman–Crippen LogP) is 3.26. The van der Waals surface area contributed by atoms with Gasteiger partial charge < -0.3 is 18.6 Å². The molecule has 2 aromatic rings. The van der Waals surface area contributed by atoms with Crippen LogP contribution in [-0.2, 0) is 24.2 Å². The highest BCUT2D eigenvalue weighted by Crippen LogP contribution is 2.37. The quantitative estimate of drug-likeness (QED) is 0.743. The lowest BCUT2D eigenvalue weighted by molar-refractivity contribution is 0.134. The summed E-state index contributed by atoms with van der Waals surface area (Å²) in [5, 5.41) is 0. The molecule has 0 saturated carbocycles. The number of hydrogen-bond acceptors (Lipinski definition) is 5. The van der Waals surface area contributed by atoms with Crippen LogP contribution in [0, 0.1) is 0 Å². The summed E-state index contributed by atoms with van der Waals surface area (Å²) in [5.41, 5.74) is 2.37. The lowest BCUT2D eigenvalue weighted by Gasteiger charge is -2.22. The van der Waals surface area contributed by atoms with Gasteiger partial charge in [-0.05, 0) is 31.2 Å². The topological polar surface area (TPSA) is 44.1 Å². The molecule has 1 atom stereocenters. The molecular formula is C19H25NO4. The predicted molar refractivity (Wildman–Crippen MR) is 91.5 cm³/mol. The van der Waals surface area contributed by atoms with Crippen LogP contribution in [-0.4, -0.2) is 38.4 Å². The molecule has 1 aromatic carbocycles. The Morgan fingerprint density at radius 2 is 2.12 bits per heavy atom. The first-order valence-corrected chi connectivity index (χ1v) is 8.29. The molecule has 5 heteroatoms. The third-order valence-corrected chi connectivity index (χ3v) is 4.24. The Morgan fingerprint density at radius 3 is 2.83 bits per heavy atom. The Kier molecular flexibility index (Phi) is 5.43. The fraction of sp³-hybridized carbons (Fsp3) is 0.474. The highest BCUT2D eigenvalue weighted by atomic mass is 16.5. The van der Waals surface area contributed by atoms with Gasteiger partial charge in [-0.15, -0.1) is 0 Å². The Labute approximate surface area is 143 Å². The standard InChI is InChI=1S/C19H25NO4/c1-14-9-15-10-18(22-3)11-16(19(15)24-14)12-20(6-8-21-2)13-17-5-4-7-23-17/h4-5,7,10-11,14H,6,8-9,12-13H2,1-3H3. The van der Waals surface area contributed by atoms with Gasteiger partial charge in [0.1, 0.15) is 23.4 Å². The molecule has 0 fully saturated rings. The van der Waals surface area contributed by atoms with Crippen LogP contribution >= 0.6 is 0 Å². The number of nitrogens with zero attached hydrogens (tertiary/aromatic N) is 1. The van der Waals surface area contributed by atoms with Crippen molar-refractivity contribution < 1.29 is 18.6 Å². The Hall–Kier alpha value is -1.98. The molecule has 1 aliphatic rings. The smallest absolute Gasteiger partial charge is 0.127 e. The summed E-state index contributed by atoms with van der Waals surface area (Å²) in [5.74, 6) is 2.83. The highest BCUT2D eigenvalue weighted by Gasteiger charge is 2.24. The number of ether oxygens (including phenoxy) is 3. The molecule has 0 bridgehead atoms. The summed E-state index contributed by atoms with van der Waals surface area (Å²) in [6.07, 6.45) is 2.84. The van der Waals surface area contributed by atoms with E-state index in [0.29, 0.717) is 6.61 Å². The van der Waals surface area contributed by atoms with Gasteiger partial charge in [-0.2, -0.15) is 0 Å². The number of furan rings is 1. The molecule has 0 spiro atoms. The van der Waals surface area contributed by atoms with Crippen LogP contribution in [0.5, 0.6) is 11.5 Å². The van der Waals surface area contributed by atoms with Gasteiger partial charge in [0.15, 0.2) is 0 Å². The molecule has 5 nitrogen and oxygen atoms in total. The molecule has 130 valence electrons. The van der Waals surface area contributed by atoms with Gasteiger partial charge in [0, 0.05) is 37.7 Å². The van der Waals surface area contributed by atoms with E-state index in [9.17, 15) is 0 Å². The van der Waals surface area contributed by atoms with E-state index >= 15 is 0 Å². The summed E-state index contributed by atoms with van der Waals surface area (Å²) in [7, 11) is 3.43. The van der Waals surface area contributed by atoms with E-state index in [-0.39, 0.29) is 6.10 Å². The molecule has 1 aliphatic heterocycles. The fourth-order valence-corrected chi connectivity index (χ4v) is 3.11. The summed E-state index contributed by atoms with van der Waals surface area (Å²) in [6, 6.07) is 8.05. The minimum atomic E-state index is 0.211. The third-order valence-electron chi connectivity index (χ3n) is 4.24. The molecule has 1 unspecified atom stereocenters. The fourth-order valence-electron chi connectivity index (χ4n) is 3.11. The van der Waals surface area contributed by atoms with Crippen LogP contribution in [0.25, 0.3) is 0 Å². The van der Waals surface area contributed by atoms with Crippen molar-refractivity contribution in [3.63, 3.8) is 0 Å². The first-order chi connectivity index (χ1) is 11.7. The SMILES string of the molecule is COCCN(Cc1ccco1)Cc1cc(OC)cc2c1OC(C)C2. The second-order valence-corrected chi connectivity index (χ2v) is 6.19. The molecule has 1 aromatic heterocycles. The monoisotopic (exact) mass is 331 g/mol. The second-order valence-electron chi connectivity index (χ2n) is 6.19. The van der Waals surface area contributed by atoms with Gasteiger partial charge in [-0.3, -0.25) is 4.90 Å². The number of benzene rings is 1. The van der Waals surface area contributed by atoms with Crippen molar-refractivity contribution in [3.05, 3.63) is 47.4 Å². The van der Waals surface area contributed by atoms with E-state index in [0.717, 1.165) is 48.9 Å². The van der Waals surface area contributed by atoms with Crippen LogP contribution in [0.1, 0.15) is 23.8 Å². The largest absolute Gasteiger partial charge is 0.497 e. The Bertz CT molecular complexity index is 654. The molecule has 0 saturated heterocycles. The summed E-state index contributed by atoms with van der Waals surface area (Å²) in [6.45, 7) is 5.08. The molecule has 0 N–H and O–H groups in total. The van der Waals surface area contributed by atoms with E-state index < -0.39 is 0 Å². The normalized spacial score (nSPS) is 16.2. The Balaban J connectivity index is 1.82. The van der Waals surface area contributed by atoms with Crippen LogP contribution in [0.15, 0.2) is 34.9 Å². The maximum atomic E-state index is 6.04. The van der Waals surface area contributed by atoms with Gasteiger partial charge >= 0.3 is 0 Å². The van der Waals surface area contributed by atoms with Gasteiger partial charge in [0.05, 0.1) is 26.5 Å². The summed E-state index contributed by atoms with van der Waals surface area (Å²) in [4.78, 5) is 2.30. The molecule has 0 aliphatic carbocycles. The zero-order valence-corrected chi connectivity index (χ0v) is 14.6.